The Morgan fingerprint density at radius 2 is 1.88 bits per heavy atom. The topological polar surface area (TPSA) is 26.3 Å². The van der Waals surface area contributed by atoms with Crippen LogP contribution in [0.3, 0.4) is 0 Å². The van der Waals surface area contributed by atoms with Gasteiger partial charge in [0, 0.05) is 11.3 Å². The highest BCUT2D eigenvalue weighted by molar-refractivity contribution is 6.01. The standard InChI is InChI=1S/C15H16O2/c1-10-9-13(16)15(7-8-15)14(10)11-3-5-12(17-2)6-4-11/h3-6,9,14H,7-8H2,1-2H3. The van der Waals surface area contributed by atoms with E-state index in [2.05, 4.69) is 19.1 Å². The van der Waals surface area contributed by atoms with Gasteiger partial charge in [-0.25, -0.2) is 0 Å². The van der Waals surface area contributed by atoms with Crippen LogP contribution in [0, 0.1) is 5.41 Å². The molecule has 0 aliphatic heterocycles. The zero-order chi connectivity index (χ0) is 12.0. The van der Waals surface area contributed by atoms with Gasteiger partial charge in [0.15, 0.2) is 5.78 Å². The summed E-state index contributed by atoms with van der Waals surface area (Å²) in [5.41, 5.74) is 2.36. The summed E-state index contributed by atoms with van der Waals surface area (Å²) in [4.78, 5) is 12.0. The minimum Gasteiger partial charge on any atom is -0.497 e. The Morgan fingerprint density at radius 1 is 1.24 bits per heavy atom. The Balaban J connectivity index is 1.98. The van der Waals surface area contributed by atoms with Crippen LogP contribution in [0.1, 0.15) is 31.2 Å². The van der Waals surface area contributed by atoms with Gasteiger partial charge in [-0.05, 0) is 43.5 Å². The van der Waals surface area contributed by atoms with E-state index >= 15 is 0 Å². The van der Waals surface area contributed by atoms with E-state index in [4.69, 9.17) is 4.74 Å². The molecule has 3 rings (SSSR count). The lowest BCUT2D eigenvalue weighted by molar-refractivity contribution is -0.118. The molecule has 2 aliphatic rings. The molecule has 0 radical (unpaired) electrons. The smallest absolute Gasteiger partial charge is 0.162 e. The third kappa shape index (κ3) is 1.43. The van der Waals surface area contributed by atoms with Crippen LogP contribution in [-0.4, -0.2) is 12.9 Å². The normalized spacial score (nSPS) is 24.9. The third-order valence-electron chi connectivity index (χ3n) is 4.10. The van der Waals surface area contributed by atoms with Gasteiger partial charge >= 0.3 is 0 Å². The summed E-state index contributed by atoms with van der Waals surface area (Å²) in [5.74, 6) is 1.49. The molecular formula is C15H16O2. The van der Waals surface area contributed by atoms with Crippen molar-refractivity contribution in [2.75, 3.05) is 7.11 Å². The van der Waals surface area contributed by atoms with Crippen LogP contribution >= 0.6 is 0 Å². The number of methoxy groups -OCH3 is 1. The summed E-state index contributed by atoms with van der Waals surface area (Å²) in [6.45, 7) is 2.07. The fourth-order valence-corrected chi connectivity index (χ4v) is 3.06. The van der Waals surface area contributed by atoms with E-state index in [-0.39, 0.29) is 5.41 Å². The van der Waals surface area contributed by atoms with Gasteiger partial charge in [0.2, 0.25) is 0 Å². The van der Waals surface area contributed by atoms with E-state index in [9.17, 15) is 4.79 Å². The predicted molar refractivity (Wildman–Crippen MR) is 66.2 cm³/mol. The van der Waals surface area contributed by atoms with Crippen molar-refractivity contribution in [2.24, 2.45) is 5.41 Å². The Hall–Kier alpha value is -1.57. The molecule has 1 unspecified atom stereocenters. The van der Waals surface area contributed by atoms with Crippen molar-refractivity contribution in [1.82, 2.24) is 0 Å². The summed E-state index contributed by atoms with van der Waals surface area (Å²) < 4.78 is 5.17. The fraction of sp³-hybridized carbons (Fsp3) is 0.400. The molecule has 0 heterocycles. The molecule has 1 saturated carbocycles. The molecule has 1 aromatic carbocycles. The zero-order valence-electron chi connectivity index (χ0n) is 10.2. The molecule has 1 aromatic rings. The minimum absolute atomic E-state index is 0.0847. The Labute approximate surface area is 101 Å². The maximum absolute atomic E-state index is 12.0. The van der Waals surface area contributed by atoms with Crippen LogP contribution in [-0.2, 0) is 4.79 Å². The predicted octanol–water partition coefficient (Wildman–Crippen LogP) is 3.09. The first-order valence-electron chi connectivity index (χ1n) is 6.04. The number of rotatable bonds is 2. The molecule has 0 amide bonds. The van der Waals surface area contributed by atoms with E-state index in [0.29, 0.717) is 11.7 Å². The average Bonchev–Trinajstić information content (AvgIpc) is 3.07. The Morgan fingerprint density at radius 3 is 2.41 bits per heavy atom. The molecule has 88 valence electrons. The number of ketones is 1. The quantitative estimate of drug-likeness (QED) is 0.777. The van der Waals surface area contributed by atoms with Gasteiger partial charge in [0.05, 0.1) is 7.11 Å². The van der Waals surface area contributed by atoms with Crippen molar-refractivity contribution >= 4 is 5.78 Å². The number of carbonyl (C=O) groups excluding carboxylic acids is 1. The first-order valence-corrected chi connectivity index (χ1v) is 6.04. The highest BCUT2D eigenvalue weighted by Crippen LogP contribution is 2.62. The highest BCUT2D eigenvalue weighted by Gasteiger charge is 2.58. The largest absolute Gasteiger partial charge is 0.497 e. The molecule has 0 aromatic heterocycles. The summed E-state index contributed by atoms with van der Waals surface area (Å²) in [6, 6.07) is 8.11. The van der Waals surface area contributed by atoms with Gasteiger partial charge in [-0.1, -0.05) is 17.7 Å². The highest BCUT2D eigenvalue weighted by atomic mass is 16.5. The van der Waals surface area contributed by atoms with Crippen molar-refractivity contribution in [1.29, 1.82) is 0 Å². The minimum atomic E-state index is -0.0847. The second-order valence-corrected chi connectivity index (χ2v) is 5.11. The van der Waals surface area contributed by atoms with Crippen molar-refractivity contribution in [3.63, 3.8) is 0 Å². The average molecular weight is 228 g/mol. The van der Waals surface area contributed by atoms with Crippen molar-refractivity contribution in [3.8, 4) is 5.75 Å². The number of hydrogen-bond donors (Lipinski definition) is 0. The van der Waals surface area contributed by atoms with Gasteiger partial charge in [0.25, 0.3) is 0 Å². The molecular weight excluding hydrogens is 212 g/mol. The summed E-state index contributed by atoms with van der Waals surface area (Å²) in [7, 11) is 1.67. The van der Waals surface area contributed by atoms with Crippen molar-refractivity contribution in [3.05, 3.63) is 41.5 Å². The number of hydrogen-bond acceptors (Lipinski definition) is 2. The number of carbonyl (C=O) groups is 1. The first kappa shape index (κ1) is 10.6. The fourth-order valence-electron chi connectivity index (χ4n) is 3.06. The van der Waals surface area contributed by atoms with Gasteiger partial charge in [-0.15, -0.1) is 0 Å². The molecule has 1 atom stereocenters. The first-order chi connectivity index (χ1) is 8.17. The Bertz CT molecular complexity index is 492. The SMILES string of the molecule is COc1ccc(C2C(C)=CC(=O)C23CC3)cc1. The second kappa shape index (κ2) is 3.46. The summed E-state index contributed by atoms with van der Waals surface area (Å²) in [5, 5.41) is 0. The molecule has 2 heteroatoms. The lowest BCUT2D eigenvalue weighted by atomic mass is 9.82. The van der Waals surface area contributed by atoms with Crippen LogP contribution in [0.4, 0.5) is 0 Å². The Kier molecular flexibility index (Phi) is 2.15. The van der Waals surface area contributed by atoms with Gasteiger partial charge in [-0.3, -0.25) is 4.79 Å². The van der Waals surface area contributed by atoms with Crippen LogP contribution in [0.15, 0.2) is 35.9 Å². The summed E-state index contributed by atoms with van der Waals surface area (Å²) >= 11 is 0. The van der Waals surface area contributed by atoms with Crippen molar-refractivity contribution in [2.45, 2.75) is 25.7 Å². The third-order valence-corrected chi connectivity index (χ3v) is 4.10. The molecule has 1 spiro atoms. The maximum Gasteiger partial charge on any atom is 0.162 e. The van der Waals surface area contributed by atoms with Crippen LogP contribution in [0.5, 0.6) is 5.75 Å². The number of allylic oxidation sites excluding steroid dienone is 2. The van der Waals surface area contributed by atoms with Gasteiger partial charge < -0.3 is 4.74 Å². The molecule has 0 bridgehead atoms. The lowest BCUT2D eigenvalue weighted by Gasteiger charge is -2.20. The van der Waals surface area contributed by atoms with Crippen LogP contribution in [0.2, 0.25) is 0 Å². The van der Waals surface area contributed by atoms with Crippen LogP contribution in [0.25, 0.3) is 0 Å². The van der Waals surface area contributed by atoms with E-state index in [1.54, 1.807) is 7.11 Å². The molecule has 2 aliphatic carbocycles. The molecule has 0 N–H and O–H groups in total. The summed E-state index contributed by atoms with van der Waals surface area (Å²) in [6.07, 6.45) is 3.91. The van der Waals surface area contributed by atoms with Crippen LogP contribution < -0.4 is 4.74 Å². The van der Waals surface area contributed by atoms with Crippen molar-refractivity contribution < 1.29 is 9.53 Å². The van der Waals surface area contributed by atoms with E-state index < -0.39 is 0 Å². The number of ether oxygens (including phenoxy) is 1. The molecule has 0 saturated heterocycles. The van der Waals surface area contributed by atoms with Gasteiger partial charge in [0.1, 0.15) is 5.75 Å². The molecule has 1 fully saturated rings. The molecule has 2 nitrogen and oxygen atoms in total. The van der Waals surface area contributed by atoms with E-state index in [1.165, 1.54) is 11.1 Å². The maximum atomic E-state index is 12.0. The lowest BCUT2D eigenvalue weighted by Crippen LogP contribution is -2.16. The monoisotopic (exact) mass is 228 g/mol. The number of benzene rings is 1. The zero-order valence-corrected chi connectivity index (χ0v) is 10.2. The van der Waals surface area contributed by atoms with E-state index in [0.717, 1.165) is 18.6 Å². The molecule has 17 heavy (non-hydrogen) atoms. The second-order valence-electron chi connectivity index (χ2n) is 5.11. The van der Waals surface area contributed by atoms with Gasteiger partial charge in [-0.2, -0.15) is 0 Å². The van der Waals surface area contributed by atoms with E-state index in [1.807, 2.05) is 18.2 Å².